The molecule has 0 aromatic heterocycles. The highest BCUT2D eigenvalue weighted by Gasteiger charge is 2.29. The average Bonchev–Trinajstić information content (AvgIpc) is 2.60. The van der Waals surface area contributed by atoms with Gasteiger partial charge in [-0.25, -0.2) is 0 Å². The summed E-state index contributed by atoms with van der Waals surface area (Å²) in [7, 11) is 0. The fourth-order valence-corrected chi connectivity index (χ4v) is 2.00. The number of ether oxygens (including phenoxy) is 1. The molecule has 0 bridgehead atoms. The third-order valence-electron chi connectivity index (χ3n) is 3.38. The van der Waals surface area contributed by atoms with Gasteiger partial charge in [-0.05, 0) is 54.4 Å². The van der Waals surface area contributed by atoms with Crippen LogP contribution in [0.15, 0.2) is 53.7 Å². The van der Waals surface area contributed by atoms with Gasteiger partial charge in [0.1, 0.15) is 24.8 Å². The van der Waals surface area contributed by atoms with Crippen molar-refractivity contribution in [3.8, 4) is 5.75 Å². The predicted molar refractivity (Wildman–Crippen MR) is 92.3 cm³/mol. The van der Waals surface area contributed by atoms with Gasteiger partial charge in [0.2, 0.25) is 0 Å². The van der Waals surface area contributed by atoms with E-state index in [1.165, 1.54) is 12.1 Å². The van der Waals surface area contributed by atoms with Crippen molar-refractivity contribution in [3.05, 3.63) is 65.2 Å². The maximum absolute atomic E-state index is 12.5. The minimum Gasteiger partial charge on any atom is -0.486 e. The number of nitrogens with zero attached hydrogens (tertiary/aromatic N) is 1. The molecule has 0 spiro atoms. The van der Waals surface area contributed by atoms with Gasteiger partial charge < -0.3 is 15.3 Å². The Morgan fingerprint density at radius 3 is 2.23 bits per heavy atom. The number of nitrogens with one attached hydrogen (secondary N) is 1. The largest absolute Gasteiger partial charge is 0.486 e. The molecule has 2 aromatic carbocycles. The summed E-state index contributed by atoms with van der Waals surface area (Å²) < 4.78 is 42.8. The smallest absolute Gasteiger partial charge is 0.416 e. The highest BCUT2D eigenvalue weighted by atomic mass is 19.4. The molecule has 0 atom stereocenters. The first-order valence-corrected chi connectivity index (χ1v) is 7.64. The fourth-order valence-electron chi connectivity index (χ4n) is 2.00. The van der Waals surface area contributed by atoms with Gasteiger partial charge in [-0.3, -0.25) is 5.41 Å². The molecule has 26 heavy (non-hydrogen) atoms. The lowest BCUT2D eigenvalue weighted by Gasteiger charge is -2.08. The van der Waals surface area contributed by atoms with Crippen LogP contribution in [-0.4, -0.2) is 18.2 Å². The third-order valence-corrected chi connectivity index (χ3v) is 3.38. The van der Waals surface area contributed by atoms with Crippen molar-refractivity contribution in [2.45, 2.75) is 19.7 Å². The van der Waals surface area contributed by atoms with Crippen molar-refractivity contribution < 1.29 is 22.7 Å². The molecule has 8 heteroatoms. The van der Waals surface area contributed by atoms with Gasteiger partial charge in [-0.2, -0.15) is 13.2 Å². The van der Waals surface area contributed by atoms with Gasteiger partial charge in [-0.15, -0.1) is 0 Å². The molecule has 0 radical (unpaired) electrons. The minimum absolute atomic E-state index is 0.0165. The molecule has 3 N–H and O–H groups in total. The minimum atomic E-state index is -4.35. The van der Waals surface area contributed by atoms with E-state index in [9.17, 15) is 13.2 Å². The van der Waals surface area contributed by atoms with Crippen LogP contribution < -0.4 is 10.5 Å². The molecule has 2 aromatic rings. The Hall–Kier alpha value is -3.03. The summed E-state index contributed by atoms with van der Waals surface area (Å²) in [4.78, 5) is 5.20. The number of oxime groups is 1. The van der Waals surface area contributed by atoms with Gasteiger partial charge in [-0.1, -0.05) is 17.3 Å². The van der Waals surface area contributed by atoms with E-state index in [1.807, 2.05) is 0 Å². The van der Waals surface area contributed by atoms with Crippen LogP contribution in [0.1, 0.15) is 23.6 Å². The molecular formula is C18H18F3N3O2. The number of rotatable bonds is 7. The van der Waals surface area contributed by atoms with Crippen molar-refractivity contribution in [1.82, 2.24) is 0 Å². The third kappa shape index (κ3) is 5.80. The number of benzene rings is 2. The molecule has 0 aliphatic carbocycles. The van der Waals surface area contributed by atoms with Crippen molar-refractivity contribution in [3.63, 3.8) is 0 Å². The Kier molecular flexibility index (Phi) is 6.21. The SMILES string of the molecule is C/C(=N\OCc1ccc(C(F)(F)F)cc1)c1ccc(OCC(=N)N)cc1. The number of alkyl halides is 3. The summed E-state index contributed by atoms with van der Waals surface area (Å²) in [5.41, 5.74) is 6.51. The normalized spacial score (nSPS) is 11.9. The molecule has 0 saturated heterocycles. The maximum atomic E-state index is 12.5. The first-order valence-electron chi connectivity index (χ1n) is 7.64. The zero-order valence-corrected chi connectivity index (χ0v) is 14.0. The van der Waals surface area contributed by atoms with E-state index in [4.69, 9.17) is 20.7 Å². The Labute approximate surface area is 148 Å². The number of amidine groups is 1. The summed E-state index contributed by atoms with van der Waals surface area (Å²) >= 11 is 0. The molecule has 0 amide bonds. The summed E-state index contributed by atoms with van der Waals surface area (Å²) in [5, 5.41) is 11.1. The van der Waals surface area contributed by atoms with E-state index < -0.39 is 11.7 Å². The second kappa shape index (κ2) is 8.37. The van der Waals surface area contributed by atoms with E-state index in [0.717, 1.165) is 17.7 Å². The van der Waals surface area contributed by atoms with Crippen LogP contribution in [0.2, 0.25) is 0 Å². The Balaban J connectivity index is 1.90. The standard InChI is InChI=1S/C18H18F3N3O2/c1-12(14-4-8-16(9-5-14)25-11-17(22)23)24-26-10-13-2-6-15(7-3-13)18(19,20)21/h2-9H,10-11H2,1H3,(H3,22,23)/b24-12+. The van der Waals surface area contributed by atoms with Gasteiger partial charge in [0.25, 0.3) is 0 Å². The van der Waals surface area contributed by atoms with Crippen LogP contribution in [0.3, 0.4) is 0 Å². The lowest BCUT2D eigenvalue weighted by molar-refractivity contribution is -0.137. The van der Waals surface area contributed by atoms with E-state index >= 15 is 0 Å². The van der Waals surface area contributed by atoms with Crippen LogP contribution in [0.25, 0.3) is 0 Å². The number of halogens is 3. The van der Waals surface area contributed by atoms with E-state index in [2.05, 4.69) is 5.16 Å². The quantitative estimate of drug-likeness (QED) is 0.443. The van der Waals surface area contributed by atoms with Gasteiger partial charge in [0.05, 0.1) is 11.3 Å². The lowest BCUT2D eigenvalue weighted by Crippen LogP contribution is -2.19. The van der Waals surface area contributed by atoms with E-state index in [-0.39, 0.29) is 19.0 Å². The van der Waals surface area contributed by atoms with Crippen LogP contribution in [0.4, 0.5) is 13.2 Å². The fraction of sp³-hybridized carbons (Fsp3) is 0.222. The summed E-state index contributed by atoms with van der Waals surface area (Å²) in [6, 6.07) is 11.7. The monoisotopic (exact) mass is 365 g/mol. The molecule has 2 rings (SSSR count). The first-order chi connectivity index (χ1) is 12.3. The molecule has 5 nitrogen and oxygen atoms in total. The van der Waals surface area contributed by atoms with Crippen molar-refractivity contribution >= 4 is 11.5 Å². The number of hydrogen-bond acceptors (Lipinski definition) is 4. The van der Waals surface area contributed by atoms with Crippen LogP contribution in [0.5, 0.6) is 5.75 Å². The summed E-state index contributed by atoms with van der Waals surface area (Å²) in [5.74, 6) is 0.505. The first kappa shape index (κ1) is 19.3. The van der Waals surface area contributed by atoms with Crippen molar-refractivity contribution in [1.29, 1.82) is 5.41 Å². The topological polar surface area (TPSA) is 80.7 Å². The summed E-state index contributed by atoms with van der Waals surface area (Å²) in [6.45, 7) is 1.83. The van der Waals surface area contributed by atoms with E-state index in [1.54, 1.807) is 31.2 Å². The zero-order chi connectivity index (χ0) is 19.2. The Morgan fingerprint density at radius 2 is 1.69 bits per heavy atom. The Morgan fingerprint density at radius 1 is 1.08 bits per heavy atom. The lowest BCUT2D eigenvalue weighted by atomic mass is 10.1. The highest BCUT2D eigenvalue weighted by Crippen LogP contribution is 2.29. The number of hydrogen-bond donors (Lipinski definition) is 2. The molecule has 0 saturated carbocycles. The second-order valence-corrected chi connectivity index (χ2v) is 5.48. The molecule has 0 unspecified atom stereocenters. The number of nitrogens with two attached hydrogens (primary N) is 1. The average molecular weight is 365 g/mol. The van der Waals surface area contributed by atoms with Crippen molar-refractivity contribution in [2.75, 3.05) is 6.61 Å². The van der Waals surface area contributed by atoms with Crippen LogP contribution in [-0.2, 0) is 17.6 Å². The maximum Gasteiger partial charge on any atom is 0.416 e. The predicted octanol–water partition coefficient (Wildman–Crippen LogP) is 3.96. The van der Waals surface area contributed by atoms with Gasteiger partial charge >= 0.3 is 6.18 Å². The van der Waals surface area contributed by atoms with Gasteiger partial charge in [0.15, 0.2) is 0 Å². The van der Waals surface area contributed by atoms with E-state index in [0.29, 0.717) is 17.0 Å². The van der Waals surface area contributed by atoms with Crippen molar-refractivity contribution in [2.24, 2.45) is 10.9 Å². The molecule has 0 heterocycles. The molecule has 0 aliphatic rings. The molecule has 0 aliphatic heterocycles. The van der Waals surface area contributed by atoms with Gasteiger partial charge in [0, 0.05) is 0 Å². The highest BCUT2D eigenvalue weighted by molar-refractivity contribution is 5.98. The Bertz CT molecular complexity index is 770. The molecular weight excluding hydrogens is 347 g/mol. The molecule has 0 fully saturated rings. The second-order valence-electron chi connectivity index (χ2n) is 5.48. The van der Waals surface area contributed by atoms with Crippen LogP contribution >= 0.6 is 0 Å². The molecule has 138 valence electrons. The summed E-state index contributed by atoms with van der Waals surface area (Å²) in [6.07, 6.45) is -4.35. The van der Waals surface area contributed by atoms with Crippen LogP contribution in [0, 0.1) is 5.41 Å². The zero-order valence-electron chi connectivity index (χ0n) is 14.0.